The molecule has 102 valence electrons. The van der Waals surface area contributed by atoms with Gasteiger partial charge in [0, 0.05) is 17.8 Å². The van der Waals surface area contributed by atoms with Crippen molar-refractivity contribution in [1.29, 1.82) is 0 Å². The molecule has 0 spiro atoms. The molecule has 0 fully saturated rings. The number of rotatable bonds is 4. The molecule has 8 heteroatoms. The maximum absolute atomic E-state index is 11.0. The minimum absolute atomic E-state index is 0.198. The summed E-state index contributed by atoms with van der Waals surface area (Å²) in [7, 11) is -2.08. The van der Waals surface area contributed by atoms with Crippen molar-refractivity contribution in [1.82, 2.24) is 9.97 Å². The molecular formula is C11H11ClN2O4S. The maximum Gasteiger partial charge on any atom is 0.264 e. The van der Waals surface area contributed by atoms with E-state index in [1.807, 2.05) is 0 Å². The molecule has 0 aliphatic rings. The Balaban J connectivity index is 2.53. The minimum atomic E-state index is -3.56. The monoisotopic (exact) mass is 302 g/mol. The van der Waals surface area contributed by atoms with Crippen LogP contribution in [0.25, 0.3) is 11.0 Å². The zero-order valence-electron chi connectivity index (χ0n) is 10.3. The lowest BCUT2D eigenvalue weighted by Gasteiger charge is -2.08. The van der Waals surface area contributed by atoms with Gasteiger partial charge in [0.25, 0.3) is 10.1 Å². The molecule has 6 nitrogen and oxygen atoms in total. The number of ether oxygens (including phenoxy) is 1. The molecule has 0 aromatic carbocycles. The molecule has 0 radical (unpaired) electrons. The standard InChI is InChI=1S/C11H11ClN2O4S/c1-17-10-4-3-9-11(14-10)7(8(12)5-13-9)6-18-19(2,15)16/h3-5H,6H2,1-2H3. The Morgan fingerprint density at radius 2 is 2.11 bits per heavy atom. The lowest BCUT2D eigenvalue weighted by molar-refractivity contribution is 0.312. The number of hydrogen-bond acceptors (Lipinski definition) is 6. The molecule has 0 N–H and O–H groups in total. The lowest BCUT2D eigenvalue weighted by atomic mass is 10.2. The molecular weight excluding hydrogens is 292 g/mol. The van der Waals surface area contributed by atoms with Crippen LogP contribution in [0.2, 0.25) is 5.02 Å². The van der Waals surface area contributed by atoms with E-state index in [2.05, 4.69) is 9.97 Å². The third-order valence-electron chi connectivity index (χ3n) is 2.37. The van der Waals surface area contributed by atoms with Crippen molar-refractivity contribution in [2.45, 2.75) is 6.61 Å². The van der Waals surface area contributed by atoms with Crippen molar-refractivity contribution in [3.05, 3.63) is 28.9 Å². The Morgan fingerprint density at radius 3 is 2.74 bits per heavy atom. The van der Waals surface area contributed by atoms with E-state index in [9.17, 15) is 8.42 Å². The predicted molar refractivity (Wildman–Crippen MR) is 70.7 cm³/mol. The van der Waals surface area contributed by atoms with Gasteiger partial charge in [-0.05, 0) is 6.07 Å². The molecule has 2 heterocycles. The smallest absolute Gasteiger partial charge is 0.264 e. The second-order valence-corrected chi connectivity index (χ2v) is 5.82. The molecule has 2 rings (SSSR count). The summed E-state index contributed by atoms with van der Waals surface area (Å²) >= 11 is 6.01. The van der Waals surface area contributed by atoms with Gasteiger partial charge in [-0.25, -0.2) is 4.98 Å². The van der Waals surface area contributed by atoms with Crippen LogP contribution in [0.4, 0.5) is 0 Å². The van der Waals surface area contributed by atoms with Crippen LogP contribution in [-0.4, -0.2) is 31.8 Å². The molecule has 2 aromatic rings. The van der Waals surface area contributed by atoms with Crippen LogP contribution in [-0.2, 0) is 20.9 Å². The van der Waals surface area contributed by atoms with Gasteiger partial charge in [-0.15, -0.1) is 0 Å². The topological polar surface area (TPSA) is 78.4 Å². The van der Waals surface area contributed by atoms with Crippen molar-refractivity contribution >= 4 is 32.8 Å². The third kappa shape index (κ3) is 3.31. The number of halogens is 1. The van der Waals surface area contributed by atoms with E-state index in [4.69, 9.17) is 20.5 Å². The molecule has 0 unspecified atom stereocenters. The molecule has 0 bridgehead atoms. The highest BCUT2D eigenvalue weighted by Gasteiger charge is 2.13. The maximum atomic E-state index is 11.0. The number of pyridine rings is 2. The van der Waals surface area contributed by atoms with Crippen LogP contribution >= 0.6 is 11.6 Å². The quantitative estimate of drug-likeness (QED) is 0.801. The van der Waals surface area contributed by atoms with Crippen LogP contribution in [0.5, 0.6) is 5.88 Å². The Labute approximate surface area is 115 Å². The largest absolute Gasteiger partial charge is 0.481 e. The number of nitrogens with zero attached hydrogens (tertiary/aromatic N) is 2. The third-order valence-corrected chi connectivity index (χ3v) is 3.24. The first kappa shape index (κ1) is 14.0. The summed E-state index contributed by atoms with van der Waals surface area (Å²) in [6, 6.07) is 3.37. The van der Waals surface area contributed by atoms with Gasteiger partial charge in [-0.1, -0.05) is 11.6 Å². The fraction of sp³-hybridized carbons (Fsp3) is 0.273. The molecule has 0 amide bonds. The highest BCUT2D eigenvalue weighted by atomic mass is 35.5. The van der Waals surface area contributed by atoms with E-state index in [-0.39, 0.29) is 11.6 Å². The SMILES string of the molecule is COc1ccc2ncc(Cl)c(COS(C)(=O)=O)c2n1. The Morgan fingerprint density at radius 1 is 1.37 bits per heavy atom. The van der Waals surface area contributed by atoms with Crippen LogP contribution in [0, 0.1) is 0 Å². The first-order chi connectivity index (χ1) is 8.90. The van der Waals surface area contributed by atoms with Gasteiger partial charge >= 0.3 is 0 Å². The van der Waals surface area contributed by atoms with Crippen LogP contribution in [0.15, 0.2) is 18.3 Å². The van der Waals surface area contributed by atoms with Crippen molar-refractivity contribution in [2.24, 2.45) is 0 Å². The second-order valence-electron chi connectivity index (χ2n) is 3.77. The molecule has 2 aromatic heterocycles. The summed E-state index contributed by atoms with van der Waals surface area (Å²) in [6.07, 6.45) is 2.40. The van der Waals surface area contributed by atoms with Gasteiger partial charge < -0.3 is 4.74 Å². The van der Waals surface area contributed by atoms with E-state index in [1.54, 1.807) is 12.1 Å². The van der Waals surface area contributed by atoms with Crippen molar-refractivity contribution in [3.8, 4) is 5.88 Å². The highest BCUT2D eigenvalue weighted by molar-refractivity contribution is 7.85. The fourth-order valence-electron chi connectivity index (χ4n) is 1.49. The molecule has 0 aliphatic carbocycles. The van der Waals surface area contributed by atoms with E-state index in [0.717, 1.165) is 6.26 Å². The van der Waals surface area contributed by atoms with Gasteiger partial charge in [0.1, 0.15) is 0 Å². The summed E-state index contributed by atoms with van der Waals surface area (Å²) in [6.45, 7) is -0.198. The first-order valence-electron chi connectivity index (χ1n) is 5.23. The first-order valence-corrected chi connectivity index (χ1v) is 7.42. The number of aromatic nitrogens is 2. The number of fused-ring (bicyclic) bond motifs is 1. The summed E-state index contributed by atoms with van der Waals surface area (Å²) in [5.74, 6) is 0.386. The number of methoxy groups -OCH3 is 1. The number of hydrogen-bond donors (Lipinski definition) is 0. The Hall–Kier alpha value is -1.44. The van der Waals surface area contributed by atoms with Gasteiger partial charge in [-0.2, -0.15) is 8.42 Å². The zero-order valence-corrected chi connectivity index (χ0v) is 11.8. The van der Waals surface area contributed by atoms with E-state index >= 15 is 0 Å². The van der Waals surface area contributed by atoms with Gasteiger partial charge in [0.15, 0.2) is 0 Å². The van der Waals surface area contributed by atoms with Crippen LogP contribution in [0.3, 0.4) is 0 Å². The summed E-state index contributed by atoms with van der Waals surface area (Å²) in [5.41, 5.74) is 1.49. The molecule has 0 aliphatic heterocycles. The molecule has 0 atom stereocenters. The Bertz CT molecular complexity index is 718. The van der Waals surface area contributed by atoms with Gasteiger partial charge in [-0.3, -0.25) is 9.17 Å². The molecule has 0 saturated carbocycles. The molecule has 0 saturated heterocycles. The van der Waals surface area contributed by atoms with Gasteiger partial charge in [0.2, 0.25) is 5.88 Å². The second kappa shape index (κ2) is 5.28. The molecule has 19 heavy (non-hydrogen) atoms. The Kier molecular flexibility index (Phi) is 3.88. The average molecular weight is 303 g/mol. The van der Waals surface area contributed by atoms with Crippen molar-refractivity contribution in [2.75, 3.05) is 13.4 Å². The van der Waals surface area contributed by atoms with Gasteiger partial charge in [0.05, 0.1) is 36.0 Å². The average Bonchev–Trinajstić information content (AvgIpc) is 2.35. The lowest BCUT2D eigenvalue weighted by Crippen LogP contribution is -2.04. The summed E-state index contributed by atoms with van der Waals surface area (Å²) in [4.78, 5) is 8.32. The highest BCUT2D eigenvalue weighted by Crippen LogP contribution is 2.25. The summed E-state index contributed by atoms with van der Waals surface area (Å²) in [5, 5.41) is 0.289. The van der Waals surface area contributed by atoms with Crippen molar-refractivity contribution in [3.63, 3.8) is 0 Å². The fourth-order valence-corrected chi connectivity index (χ4v) is 2.02. The summed E-state index contributed by atoms with van der Waals surface area (Å²) < 4.78 is 31.9. The van der Waals surface area contributed by atoms with E-state index < -0.39 is 10.1 Å². The van der Waals surface area contributed by atoms with Crippen molar-refractivity contribution < 1.29 is 17.3 Å². The predicted octanol–water partition coefficient (Wildman–Crippen LogP) is 1.77. The van der Waals surface area contributed by atoms with E-state index in [1.165, 1.54) is 13.3 Å². The normalized spacial score (nSPS) is 11.7. The minimum Gasteiger partial charge on any atom is -0.481 e. The van der Waals surface area contributed by atoms with Crippen LogP contribution in [0.1, 0.15) is 5.56 Å². The zero-order chi connectivity index (χ0) is 14.0. The van der Waals surface area contributed by atoms with E-state index in [0.29, 0.717) is 22.5 Å². The van der Waals surface area contributed by atoms with Crippen LogP contribution < -0.4 is 4.74 Å².